The number of carbonyl (C=O) groups excluding carboxylic acids is 1. The molecule has 4 nitrogen and oxygen atoms in total. The van der Waals surface area contributed by atoms with E-state index in [0.29, 0.717) is 5.56 Å². The highest BCUT2D eigenvalue weighted by molar-refractivity contribution is 5.70. The smallest absolute Gasteiger partial charge is 0.308 e. The lowest BCUT2D eigenvalue weighted by Crippen LogP contribution is -2.23. The summed E-state index contributed by atoms with van der Waals surface area (Å²) in [5.41, 5.74) is 0.681. The number of hydrogen-bond donors (Lipinski definition) is 2. The van der Waals surface area contributed by atoms with Crippen molar-refractivity contribution in [1.82, 2.24) is 0 Å². The lowest BCUT2D eigenvalue weighted by molar-refractivity contribution is -0.147. The van der Waals surface area contributed by atoms with Crippen LogP contribution in [0.4, 0.5) is 4.39 Å². The molecule has 0 saturated heterocycles. The second-order valence-electron chi connectivity index (χ2n) is 4.03. The highest BCUT2D eigenvalue weighted by atomic mass is 19.1. The van der Waals surface area contributed by atoms with Gasteiger partial charge in [0.05, 0.1) is 19.1 Å². The van der Waals surface area contributed by atoms with Crippen molar-refractivity contribution in [2.24, 2.45) is 0 Å². The van der Waals surface area contributed by atoms with Crippen molar-refractivity contribution in [3.8, 4) is 0 Å². The van der Waals surface area contributed by atoms with Crippen molar-refractivity contribution in [2.75, 3.05) is 6.61 Å². The number of aliphatic hydroxyl groups is 2. The molecule has 2 N–H and O–H groups in total. The Bertz CT molecular complexity index is 419. The van der Waals surface area contributed by atoms with E-state index in [9.17, 15) is 19.4 Å². The van der Waals surface area contributed by atoms with Gasteiger partial charge in [0, 0.05) is 0 Å². The van der Waals surface area contributed by atoms with Crippen LogP contribution in [-0.4, -0.2) is 28.9 Å². The second kappa shape index (κ2) is 6.47. The maximum atomic E-state index is 13.3. The zero-order valence-corrected chi connectivity index (χ0v) is 10.4. The third-order valence-electron chi connectivity index (χ3n) is 2.58. The average molecular weight is 256 g/mol. The number of benzene rings is 1. The van der Waals surface area contributed by atoms with E-state index in [1.54, 1.807) is 13.8 Å². The Morgan fingerprint density at radius 1 is 1.44 bits per heavy atom. The van der Waals surface area contributed by atoms with Crippen LogP contribution >= 0.6 is 0 Å². The van der Waals surface area contributed by atoms with Crippen molar-refractivity contribution >= 4 is 5.97 Å². The van der Waals surface area contributed by atoms with E-state index in [4.69, 9.17) is 0 Å². The van der Waals surface area contributed by atoms with Crippen molar-refractivity contribution in [3.63, 3.8) is 0 Å². The SMILES string of the molecule is CCOC(=O)CC(O)C(O)c1ccc(C)c(F)c1. The average Bonchev–Trinajstić information content (AvgIpc) is 2.32. The van der Waals surface area contributed by atoms with Crippen LogP contribution in [0.25, 0.3) is 0 Å². The van der Waals surface area contributed by atoms with Gasteiger partial charge in [-0.2, -0.15) is 0 Å². The number of hydrogen-bond acceptors (Lipinski definition) is 4. The molecule has 0 aliphatic heterocycles. The molecular formula is C13H17FO4. The summed E-state index contributed by atoms with van der Waals surface area (Å²) in [5.74, 6) is -1.06. The lowest BCUT2D eigenvalue weighted by Gasteiger charge is -2.17. The molecule has 0 radical (unpaired) electrons. The van der Waals surface area contributed by atoms with Gasteiger partial charge in [-0.3, -0.25) is 4.79 Å². The number of halogens is 1. The van der Waals surface area contributed by atoms with Gasteiger partial charge in [0.1, 0.15) is 11.9 Å². The minimum Gasteiger partial charge on any atom is -0.466 e. The molecule has 0 bridgehead atoms. The fraction of sp³-hybridized carbons (Fsp3) is 0.462. The Labute approximate surface area is 105 Å². The predicted molar refractivity (Wildman–Crippen MR) is 63.4 cm³/mol. The predicted octanol–water partition coefficient (Wildman–Crippen LogP) is 1.48. The second-order valence-corrected chi connectivity index (χ2v) is 4.03. The molecular weight excluding hydrogens is 239 g/mol. The first-order chi connectivity index (χ1) is 8.45. The Morgan fingerprint density at radius 3 is 2.67 bits per heavy atom. The Morgan fingerprint density at radius 2 is 2.11 bits per heavy atom. The summed E-state index contributed by atoms with van der Waals surface area (Å²) in [6.45, 7) is 3.46. The van der Waals surface area contributed by atoms with E-state index in [-0.39, 0.29) is 18.6 Å². The highest BCUT2D eigenvalue weighted by Crippen LogP contribution is 2.21. The largest absolute Gasteiger partial charge is 0.466 e. The van der Waals surface area contributed by atoms with Crippen molar-refractivity contribution in [2.45, 2.75) is 32.5 Å². The first-order valence-corrected chi connectivity index (χ1v) is 5.73. The minimum absolute atomic E-state index is 0.209. The number of aryl methyl sites for hydroxylation is 1. The number of aliphatic hydroxyl groups excluding tert-OH is 2. The van der Waals surface area contributed by atoms with E-state index >= 15 is 0 Å². The monoisotopic (exact) mass is 256 g/mol. The van der Waals surface area contributed by atoms with Gasteiger partial charge in [-0.05, 0) is 31.0 Å². The van der Waals surface area contributed by atoms with E-state index in [2.05, 4.69) is 4.74 Å². The molecule has 100 valence electrons. The highest BCUT2D eigenvalue weighted by Gasteiger charge is 2.22. The first kappa shape index (κ1) is 14.6. The molecule has 0 saturated carbocycles. The van der Waals surface area contributed by atoms with E-state index in [1.807, 2.05) is 0 Å². The van der Waals surface area contributed by atoms with Gasteiger partial charge in [0.25, 0.3) is 0 Å². The molecule has 0 fully saturated rings. The van der Waals surface area contributed by atoms with E-state index < -0.39 is 24.0 Å². The molecule has 0 heterocycles. The van der Waals surface area contributed by atoms with Crippen LogP contribution in [0.15, 0.2) is 18.2 Å². The third-order valence-corrected chi connectivity index (χ3v) is 2.58. The Balaban J connectivity index is 2.70. The van der Waals surface area contributed by atoms with Crippen molar-refractivity contribution in [1.29, 1.82) is 0 Å². The van der Waals surface area contributed by atoms with Gasteiger partial charge in [0.15, 0.2) is 0 Å². The van der Waals surface area contributed by atoms with Crippen LogP contribution in [0.5, 0.6) is 0 Å². The van der Waals surface area contributed by atoms with Crippen LogP contribution in [-0.2, 0) is 9.53 Å². The van der Waals surface area contributed by atoms with Gasteiger partial charge < -0.3 is 14.9 Å². The molecule has 0 spiro atoms. The normalized spacial score (nSPS) is 14.1. The van der Waals surface area contributed by atoms with Gasteiger partial charge >= 0.3 is 5.97 Å². The minimum atomic E-state index is -1.32. The summed E-state index contributed by atoms with van der Waals surface area (Å²) in [7, 11) is 0. The van der Waals surface area contributed by atoms with Crippen LogP contribution in [0.2, 0.25) is 0 Å². The maximum Gasteiger partial charge on any atom is 0.308 e. The zero-order valence-electron chi connectivity index (χ0n) is 10.4. The summed E-state index contributed by atoms with van der Waals surface area (Å²) in [4.78, 5) is 11.1. The quantitative estimate of drug-likeness (QED) is 0.783. The number of ether oxygens (including phenoxy) is 1. The molecule has 0 aliphatic rings. The van der Waals surface area contributed by atoms with Gasteiger partial charge in [-0.15, -0.1) is 0 Å². The summed E-state index contributed by atoms with van der Waals surface area (Å²) >= 11 is 0. The molecule has 2 atom stereocenters. The van der Waals surface area contributed by atoms with E-state index in [1.165, 1.54) is 12.1 Å². The number of carbonyl (C=O) groups is 1. The molecule has 18 heavy (non-hydrogen) atoms. The van der Waals surface area contributed by atoms with Crippen molar-refractivity contribution < 1.29 is 24.1 Å². The molecule has 2 unspecified atom stereocenters. The summed E-state index contributed by atoms with van der Waals surface area (Å²) in [6.07, 6.45) is -2.96. The van der Waals surface area contributed by atoms with Crippen LogP contribution in [0, 0.1) is 12.7 Å². The molecule has 5 heteroatoms. The van der Waals surface area contributed by atoms with Gasteiger partial charge in [0.2, 0.25) is 0 Å². The molecule has 1 aromatic rings. The summed E-state index contributed by atoms with van der Waals surface area (Å²) < 4.78 is 18.0. The molecule has 1 aromatic carbocycles. The molecule has 0 amide bonds. The van der Waals surface area contributed by atoms with Gasteiger partial charge in [-0.25, -0.2) is 4.39 Å². The number of rotatable bonds is 5. The van der Waals surface area contributed by atoms with Crippen molar-refractivity contribution in [3.05, 3.63) is 35.1 Å². The fourth-order valence-corrected chi connectivity index (χ4v) is 1.52. The molecule has 1 rings (SSSR count). The van der Waals surface area contributed by atoms with Crippen LogP contribution < -0.4 is 0 Å². The lowest BCUT2D eigenvalue weighted by atomic mass is 10.0. The zero-order chi connectivity index (χ0) is 13.7. The van der Waals surface area contributed by atoms with E-state index in [0.717, 1.165) is 6.07 Å². The van der Waals surface area contributed by atoms with Crippen LogP contribution in [0.1, 0.15) is 30.6 Å². The molecule has 0 aliphatic carbocycles. The fourth-order valence-electron chi connectivity index (χ4n) is 1.52. The first-order valence-electron chi connectivity index (χ1n) is 5.73. The van der Waals surface area contributed by atoms with Crippen LogP contribution in [0.3, 0.4) is 0 Å². The standard InChI is InChI=1S/C13H17FO4/c1-3-18-12(16)7-11(15)13(17)9-5-4-8(2)10(14)6-9/h4-6,11,13,15,17H,3,7H2,1-2H3. The summed E-state index contributed by atoms with van der Waals surface area (Å²) in [6, 6.07) is 4.16. The van der Waals surface area contributed by atoms with Gasteiger partial charge in [-0.1, -0.05) is 12.1 Å². The molecule has 0 aromatic heterocycles. The topological polar surface area (TPSA) is 66.8 Å². The maximum absolute atomic E-state index is 13.3. The third kappa shape index (κ3) is 3.78. The number of esters is 1. The summed E-state index contributed by atoms with van der Waals surface area (Å²) in [5, 5.41) is 19.5. The Hall–Kier alpha value is -1.46. The Kier molecular flexibility index (Phi) is 5.25.